The number of hydrogen-bond acceptors (Lipinski definition) is 8. The summed E-state index contributed by atoms with van der Waals surface area (Å²) in [6.45, 7) is 0.310. The number of benzene rings is 2. The maximum atomic E-state index is 11.6. The van der Waals surface area contributed by atoms with E-state index in [9.17, 15) is 4.79 Å². The van der Waals surface area contributed by atoms with Gasteiger partial charge in [0, 0.05) is 11.3 Å². The average Bonchev–Trinajstić information content (AvgIpc) is 3.20. The summed E-state index contributed by atoms with van der Waals surface area (Å²) in [5.41, 5.74) is 1.92. The van der Waals surface area contributed by atoms with Gasteiger partial charge in [-0.2, -0.15) is 0 Å². The third kappa shape index (κ3) is 4.17. The van der Waals surface area contributed by atoms with Crippen LogP contribution in [0.1, 0.15) is 16.2 Å². The maximum Gasteiger partial charge on any atom is 0.337 e. The van der Waals surface area contributed by atoms with Crippen molar-refractivity contribution < 1.29 is 23.4 Å². The lowest BCUT2D eigenvalue weighted by Gasteiger charge is -2.07. The predicted molar refractivity (Wildman–Crippen MR) is 97.9 cm³/mol. The summed E-state index contributed by atoms with van der Waals surface area (Å²) in [6.07, 6.45) is 0. The van der Waals surface area contributed by atoms with Crippen LogP contribution in [0.5, 0.6) is 11.5 Å². The molecule has 27 heavy (non-hydrogen) atoms. The van der Waals surface area contributed by atoms with Crippen molar-refractivity contribution in [3.05, 3.63) is 53.9 Å². The molecule has 0 fully saturated rings. The quantitative estimate of drug-likeness (QED) is 0.635. The molecule has 0 radical (unpaired) electrons. The van der Waals surface area contributed by atoms with Crippen molar-refractivity contribution in [2.24, 2.45) is 0 Å². The van der Waals surface area contributed by atoms with Crippen LogP contribution in [0.3, 0.4) is 0 Å². The Hall–Kier alpha value is -3.55. The topological polar surface area (TPSA) is 95.7 Å². The number of carbonyl (C=O) groups excluding carboxylic acids is 1. The molecule has 0 saturated heterocycles. The Labute approximate surface area is 156 Å². The standard InChI is InChI=1S/C19H19N3O5/c1-24-15-8-7-12(10-16(15)25-2)18-22-21-17(27-18)11-20-14-6-4-5-13(9-14)19(23)26-3/h4-10,20H,11H2,1-3H3. The number of carbonyl (C=O) groups is 1. The Kier molecular flexibility index (Phi) is 5.55. The molecule has 3 rings (SSSR count). The Balaban J connectivity index is 1.71. The van der Waals surface area contributed by atoms with Gasteiger partial charge in [0.15, 0.2) is 11.5 Å². The second-order valence-electron chi connectivity index (χ2n) is 5.50. The predicted octanol–water partition coefficient (Wildman–Crippen LogP) is 3.15. The first kappa shape index (κ1) is 18.2. The Morgan fingerprint density at radius 1 is 1.04 bits per heavy atom. The molecule has 0 atom stereocenters. The first-order valence-electron chi connectivity index (χ1n) is 8.11. The molecule has 0 bridgehead atoms. The molecule has 1 N–H and O–H groups in total. The molecule has 0 saturated carbocycles. The van der Waals surface area contributed by atoms with Crippen molar-refractivity contribution in [3.8, 4) is 23.0 Å². The van der Waals surface area contributed by atoms with Crippen LogP contribution in [0.15, 0.2) is 46.9 Å². The van der Waals surface area contributed by atoms with Crippen LogP contribution in [0.4, 0.5) is 5.69 Å². The summed E-state index contributed by atoms with van der Waals surface area (Å²) in [5, 5.41) is 11.2. The summed E-state index contributed by atoms with van der Waals surface area (Å²) < 4.78 is 20.9. The molecule has 0 aliphatic heterocycles. The fourth-order valence-electron chi connectivity index (χ4n) is 2.46. The van der Waals surface area contributed by atoms with Gasteiger partial charge in [-0.1, -0.05) is 6.07 Å². The van der Waals surface area contributed by atoms with Gasteiger partial charge in [0.25, 0.3) is 0 Å². The van der Waals surface area contributed by atoms with Crippen molar-refractivity contribution in [3.63, 3.8) is 0 Å². The van der Waals surface area contributed by atoms with E-state index in [2.05, 4.69) is 15.5 Å². The lowest BCUT2D eigenvalue weighted by atomic mass is 10.2. The third-order valence-electron chi connectivity index (χ3n) is 3.82. The van der Waals surface area contributed by atoms with Gasteiger partial charge in [-0.15, -0.1) is 10.2 Å². The number of esters is 1. The number of hydrogen-bond donors (Lipinski definition) is 1. The Bertz CT molecular complexity index is 939. The first-order chi connectivity index (χ1) is 13.1. The second kappa shape index (κ2) is 8.22. The third-order valence-corrected chi connectivity index (χ3v) is 3.82. The molecule has 3 aromatic rings. The van der Waals surface area contributed by atoms with Gasteiger partial charge in [0.05, 0.1) is 33.4 Å². The lowest BCUT2D eigenvalue weighted by Crippen LogP contribution is -2.04. The summed E-state index contributed by atoms with van der Waals surface area (Å²) in [6, 6.07) is 12.3. The molecule has 0 unspecified atom stereocenters. The molecule has 0 spiro atoms. The summed E-state index contributed by atoms with van der Waals surface area (Å²) in [4.78, 5) is 11.6. The zero-order valence-electron chi connectivity index (χ0n) is 15.2. The van der Waals surface area contributed by atoms with Gasteiger partial charge >= 0.3 is 5.97 Å². The van der Waals surface area contributed by atoms with Gasteiger partial charge < -0.3 is 23.9 Å². The summed E-state index contributed by atoms with van der Waals surface area (Å²) in [5.74, 6) is 1.58. The average molecular weight is 369 g/mol. The van der Waals surface area contributed by atoms with Gasteiger partial charge in [-0.05, 0) is 36.4 Å². The SMILES string of the molecule is COC(=O)c1cccc(NCc2nnc(-c3ccc(OC)c(OC)c3)o2)c1. The zero-order valence-corrected chi connectivity index (χ0v) is 15.2. The molecule has 140 valence electrons. The molecule has 0 aliphatic carbocycles. The van der Waals surface area contributed by atoms with E-state index in [1.54, 1.807) is 44.6 Å². The van der Waals surface area contributed by atoms with Crippen LogP contribution >= 0.6 is 0 Å². The molecule has 8 nitrogen and oxygen atoms in total. The number of anilines is 1. The van der Waals surface area contributed by atoms with E-state index in [1.807, 2.05) is 12.1 Å². The molecule has 0 aliphatic rings. The fraction of sp³-hybridized carbons (Fsp3) is 0.211. The number of aromatic nitrogens is 2. The summed E-state index contributed by atoms with van der Waals surface area (Å²) >= 11 is 0. The van der Waals surface area contributed by atoms with Crippen molar-refractivity contribution in [1.82, 2.24) is 10.2 Å². The minimum Gasteiger partial charge on any atom is -0.493 e. The monoisotopic (exact) mass is 369 g/mol. The summed E-state index contributed by atoms with van der Waals surface area (Å²) in [7, 11) is 4.48. The van der Waals surface area contributed by atoms with E-state index in [-0.39, 0.29) is 0 Å². The minimum absolute atomic E-state index is 0.310. The van der Waals surface area contributed by atoms with E-state index in [4.69, 9.17) is 18.6 Å². The Morgan fingerprint density at radius 3 is 2.59 bits per heavy atom. The smallest absolute Gasteiger partial charge is 0.337 e. The molecule has 8 heteroatoms. The van der Waals surface area contributed by atoms with E-state index >= 15 is 0 Å². The van der Waals surface area contributed by atoms with E-state index in [0.29, 0.717) is 35.4 Å². The number of nitrogens with one attached hydrogen (secondary N) is 1. The van der Waals surface area contributed by atoms with Crippen LogP contribution in [0, 0.1) is 0 Å². The molecule has 1 aromatic heterocycles. The highest BCUT2D eigenvalue weighted by atomic mass is 16.5. The largest absolute Gasteiger partial charge is 0.493 e. The van der Waals surface area contributed by atoms with Crippen LogP contribution in [0.25, 0.3) is 11.5 Å². The van der Waals surface area contributed by atoms with Crippen LogP contribution < -0.4 is 14.8 Å². The Morgan fingerprint density at radius 2 is 1.85 bits per heavy atom. The molecule has 1 heterocycles. The normalized spacial score (nSPS) is 10.3. The number of ether oxygens (including phenoxy) is 3. The zero-order chi connectivity index (χ0) is 19.2. The highest BCUT2D eigenvalue weighted by Crippen LogP contribution is 2.31. The maximum absolute atomic E-state index is 11.6. The van der Waals surface area contributed by atoms with Crippen molar-refractivity contribution >= 4 is 11.7 Å². The molecular weight excluding hydrogens is 350 g/mol. The number of methoxy groups -OCH3 is 3. The van der Waals surface area contributed by atoms with Crippen LogP contribution in [-0.4, -0.2) is 37.5 Å². The first-order valence-corrected chi connectivity index (χ1v) is 8.11. The molecule has 0 amide bonds. The van der Waals surface area contributed by atoms with Gasteiger partial charge in [-0.25, -0.2) is 4.79 Å². The van der Waals surface area contributed by atoms with E-state index < -0.39 is 5.97 Å². The number of rotatable bonds is 7. The highest BCUT2D eigenvalue weighted by molar-refractivity contribution is 5.90. The molecular formula is C19H19N3O5. The van der Waals surface area contributed by atoms with E-state index in [0.717, 1.165) is 11.3 Å². The second-order valence-corrected chi connectivity index (χ2v) is 5.50. The van der Waals surface area contributed by atoms with Gasteiger partial charge in [0.2, 0.25) is 11.8 Å². The van der Waals surface area contributed by atoms with Crippen molar-refractivity contribution in [1.29, 1.82) is 0 Å². The van der Waals surface area contributed by atoms with Crippen molar-refractivity contribution in [2.75, 3.05) is 26.6 Å². The number of nitrogens with zero attached hydrogens (tertiary/aromatic N) is 2. The highest BCUT2D eigenvalue weighted by Gasteiger charge is 2.12. The van der Waals surface area contributed by atoms with Gasteiger partial charge in [0.1, 0.15) is 0 Å². The van der Waals surface area contributed by atoms with Crippen LogP contribution in [-0.2, 0) is 11.3 Å². The molecule has 2 aromatic carbocycles. The van der Waals surface area contributed by atoms with Crippen molar-refractivity contribution in [2.45, 2.75) is 6.54 Å². The minimum atomic E-state index is -0.396. The fourth-order valence-corrected chi connectivity index (χ4v) is 2.46. The lowest BCUT2D eigenvalue weighted by molar-refractivity contribution is 0.0601. The van der Waals surface area contributed by atoms with Gasteiger partial charge in [-0.3, -0.25) is 0 Å². The van der Waals surface area contributed by atoms with Crippen LogP contribution in [0.2, 0.25) is 0 Å². The van der Waals surface area contributed by atoms with E-state index in [1.165, 1.54) is 7.11 Å².